The molecule has 2 aliphatic rings. The Kier molecular flexibility index (Phi) is 5.72. The topological polar surface area (TPSA) is 113 Å². The lowest BCUT2D eigenvalue weighted by Crippen LogP contribution is -2.44. The van der Waals surface area contributed by atoms with Crippen molar-refractivity contribution in [2.24, 2.45) is 11.3 Å². The third-order valence-corrected chi connectivity index (χ3v) is 8.55. The van der Waals surface area contributed by atoms with Gasteiger partial charge in [0.1, 0.15) is 16.9 Å². The molecule has 8 nitrogen and oxygen atoms in total. The van der Waals surface area contributed by atoms with Crippen molar-refractivity contribution in [2.45, 2.75) is 70.9 Å². The number of aliphatic hydroxyl groups is 1. The average molecular weight is 482 g/mol. The molecule has 2 aliphatic carbocycles. The van der Waals surface area contributed by atoms with E-state index in [0.717, 1.165) is 34.5 Å². The maximum atomic E-state index is 11.6. The molecule has 2 atom stereocenters. The second kappa shape index (κ2) is 8.46. The summed E-state index contributed by atoms with van der Waals surface area (Å²) < 4.78 is 1.94. The zero-order chi connectivity index (χ0) is 24.1. The van der Waals surface area contributed by atoms with Gasteiger partial charge in [0, 0.05) is 11.9 Å². The van der Waals surface area contributed by atoms with E-state index >= 15 is 0 Å². The molecule has 1 aromatic carbocycles. The van der Waals surface area contributed by atoms with E-state index < -0.39 is 22.9 Å². The van der Waals surface area contributed by atoms with Gasteiger partial charge in [-0.15, -0.1) is 16.4 Å². The third kappa shape index (κ3) is 4.34. The Labute approximate surface area is 203 Å². The fraction of sp³-hybridized carbons (Fsp3) is 0.520. The highest BCUT2D eigenvalue weighted by Crippen LogP contribution is 2.51. The van der Waals surface area contributed by atoms with Crippen LogP contribution in [0.4, 0.5) is 11.6 Å². The number of rotatable bonds is 6. The van der Waals surface area contributed by atoms with E-state index in [9.17, 15) is 15.0 Å². The Morgan fingerprint density at radius 1 is 1.21 bits per heavy atom. The lowest BCUT2D eigenvalue weighted by atomic mass is 9.63. The number of thiazole rings is 1. The van der Waals surface area contributed by atoms with Crippen LogP contribution in [-0.2, 0) is 10.4 Å². The number of aryl methyl sites for hydroxylation is 1. The van der Waals surface area contributed by atoms with Gasteiger partial charge in [-0.3, -0.25) is 4.79 Å². The van der Waals surface area contributed by atoms with E-state index in [1.165, 1.54) is 17.8 Å². The first-order valence-electron chi connectivity index (χ1n) is 11.8. The normalized spacial score (nSPS) is 24.5. The number of nitrogens with zero attached hydrogens (tertiary/aromatic N) is 4. The van der Waals surface area contributed by atoms with Crippen LogP contribution in [0, 0.1) is 18.3 Å². The van der Waals surface area contributed by atoms with E-state index in [-0.39, 0.29) is 0 Å². The molecule has 2 saturated carbocycles. The lowest BCUT2D eigenvalue weighted by molar-refractivity contribution is -0.154. The van der Waals surface area contributed by atoms with Crippen LogP contribution in [0.15, 0.2) is 30.7 Å². The molecule has 3 aromatic rings. The van der Waals surface area contributed by atoms with Crippen molar-refractivity contribution < 1.29 is 15.0 Å². The summed E-state index contributed by atoms with van der Waals surface area (Å²) in [5.74, 6) is -0.669. The van der Waals surface area contributed by atoms with Gasteiger partial charge in [0.25, 0.3) is 0 Å². The summed E-state index contributed by atoms with van der Waals surface area (Å²) in [6.07, 6.45) is 8.37. The summed E-state index contributed by atoms with van der Waals surface area (Å²) in [6.45, 7) is 5.88. The number of carbonyl (C=O) groups is 1. The van der Waals surface area contributed by atoms with Crippen LogP contribution in [0.1, 0.15) is 69.0 Å². The molecule has 0 aliphatic heterocycles. The van der Waals surface area contributed by atoms with Gasteiger partial charge in [0.05, 0.1) is 16.8 Å². The van der Waals surface area contributed by atoms with Crippen LogP contribution in [0.3, 0.4) is 0 Å². The first-order valence-corrected chi connectivity index (χ1v) is 12.7. The van der Waals surface area contributed by atoms with E-state index in [2.05, 4.69) is 32.5 Å². The van der Waals surface area contributed by atoms with E-state index in [1.54, 1.807) is 12.5 Å². The molecular formula is C25H31N5O3S. The molecule has 0 radical (unpaired) electrons. The zero-order valence-corrected chi connectivity index (χ0v) is 20.6. The fourth-order valence-corrected chi connectivity index (χ4v) is 6.31. The second-order valence-corrected chi connectivity index (χ2v) is 11.5. The first kappa shape index (κ1) is 23.0. The average Bonchev–Trinajstić information content (AvgIpc) is 3.35. The van der Waals surface area contributed by atoms with Crippen LogP contribution >= 0.6 is 11.3 Å². The Morgan fingerprint density at radius 3 is 2.68 bits per heavy atom. The number of carboxylic acids is 1. The SMILES string of the molecule is Cc1cc(Nc2ncn(C3CCC3)n2)cc(-c2cnc([C@@]3(O)CC[C@@H](C(=O)O)C(C)(C)C3)s2)c1. The van der Waals surface area contributed by atoms with Crippen molar-refractivity contribution in [3.63, 3.8) is 0 Å². The van der Waals surface area contributed by atoms with Crippen LogP contribution in [0.2, 0.25) is 0 Å². The summed E-state index contributed by atoms with van der Waals surface area (Å²) in [7, 11) is 0. The molecule has 180 valence electrons. The quantitative estimate of drug-likeness (QED) is 0.439. The molecule has 2 aromatic heterocycles. The third-order valence-electron chi connectivity index (χ3n) is 7.32. The molecule has 2 heterocycles. The molecule has 5 rings (SSSR count). The van der Waals surface area contributed by atoms with Crippen molar-refractivity contribution in [3.8, 4) is 10.4 Å². The summed E-state index contributed by atoms with van der Waals surface area (Å²) in [5.41, 5.74) is 1.38. The minimum Gasteiger partial charge on any atom is -0.481 e. The molecule has 9 heteroatoms. The predicted molar refractivity (Wildman–Crippen MR) is 131 cm³/mol. The van der Waals surface area contributed by atoms with Gasteiger partial charge in [0.2, 0.25) is 5.95 Å². The number of anilines is 2. The van der Waals surface area contributed by atoms with Crippen molar-refractivity contribution in [3.05, 3.63) is 41.3 Å². The van der Waals surface area contributed by atoms with Crippen LogP contribution in [-0.4, -0.2) is 35.9 Å². The Bertz CT molecular complexity index is 1210. The molecule has 34 heavy (non-hydrogen) atoms. The number of carboxylic acid groups (broad SMARTS) is 1. The summed E-state index contributed by atoms with van der Waals surface area (Å²) >= 11 is 1.47. The van der Waals surface area contributed by atoms with Crippen LogP contribution < -0.4 is 5.32 Å². The van der Waals surface area contributed by atoms with Crippen molar-refractivity contribution in [2.75, 3.05) is 5.32 Å². The lowest BCUT2D eigenvalue weighted by Gasteiger charge is -2.44. The van der Waals surface area contributed by atoms with Crippen LogP contribution in [0.25, 0.3) is 10.4 Å². The minimum absolute atomic E-state index is 0.375. The minimum atomic E-state index is -1.11. The molecule has 3 N–H and O–H groups in total. The number of aliphatic carboxylic acids is 1. The largest absolute Gasteiger partial charge is 0.481 e. The van der Waals surface area contributed by atoms with Gasteiger partial charge in [-0.05, 0) is 74.1 Å². The molecule has 0 saturated heterocycles. The van der Waals surface area contributed by atoms with E-state index in [1.807, 2.05) is 31.5 Å². The number of aromatic nitrogens is 4. The summed E-state index contributed by atoms with van der Waals surface area (Å²) in [5, 5.41) is 29.5. The monoisotopic (exact) mass is 481 g/mol. The van der Waals surface area contributed by atoms with Crippen molar-refractivity contribution in [1.29, 1.82) is 0 Å². The molecule has 2 fully saturated rings. The van der Waals surface area contributed by atoms with Crippen LogP contribution in [0.5, 0.6) is 0 Å². The van der Waals surface area contributed by atoms with Crippen molar-refractivity contribution >= 4 is 28.9 Å². The van der Waals surface area contributed by atoms with Gasteiger partial charge < -0.3 is 15.5 Å². The first-order chi connectivity index (χ1) is 16.1. The molecule has 0 spiro atoms. The van der Waals surface area contributed by atoms with Crippen molar-refractivity contribution in [1.82, 2.24) is 19.7 Å². The number of hydrogen-bond acceptors (Lipinski definition) is 7. The zero-order valence-electron chi connectivity index (χ0n) is 19.8. The van der Waals surface area contributed by atoms with Gasteiger partial charge in [-0.2, -0.15) is 0 Å². The van der Waals surface area contributed by atoms with Gasteiger partial charge in [0.15, 0.2) is 0 Å². The smallest absolute Gasteiger partial charge is 0.307 e. The Morgan fingerprint density at radius 2 is 2.00 bits per heavy atom. The summed E-state index contributed by atoms with van der Waals surface area (Å²) in [6, 6.07) is 6.66. The summed E-state index contributed by atoms with van der Waals surface area (Å²) in [4.78, 5) is 21.6. The second-order valence-electron chi connectivity index (χ2n) is 10.5. The molecular weight excluding hydrogens is 450 g/mol. The molecule has 0 amide bonds. The highest BCUT2D eigenvalue weighted by atomic mass is 32.1. The number of nitrogens with one attached hydrogen (secondary N) is 1. The fourth-order valence-electron chi connectivity index (χ4n) is 5.29. The number of benzene rings is 1. The maximum absolute atomic E-state index is 11.6. The van der Waals surface area contributed by atoms with Gasteiger partial charge in [-0.1, -0.05) is 19.9 Å². The highest BCUT2D eigenvalue weighted by molar-refractivity contribution is 7.15. The molecule has 0 bridgehead atoms. The van der Waals surface area contributed by atoms with E-state index in [0.29, 0.717) is 36.3 Å². The Hall–Kier alpha value is -2.78. The Balaban J connectivity index is 1.36. The van der Waals surface area contributed by atoms with E-state index in [4.69, 9.17) is 0 Å². The predicted octanol–water partition coefficient (Wildman–Crippen LogP) is 5.28. The molecule has 0 unspecified atom stereocenters. The number of hydrogen-bond donors (Lipinski definition) is 3. The maximum Gasteiger partial charge on any atom is 0.307 e. The van der Waals surface area contributed by atoms with Gasteiger partial charge in [-0.25, -0.2) is 14.6 Å². The van der Waals surface area contributed by atoms with Gasteiger partial charge >= 0.3 is 5.97 Å². The highest BCUT2D eigenvalue weighted by Gasteiger charge is 2.49. The standard InChI is InChI=1S/C25H31N5O3S/c1-15-9-16(11-17(10-15)28-23-27-14-30(29-23)18-5-4-6-18)20-12-26-22(34-20)25(33)8-7-19(21(31)32)24(2,3)13-25/h9-12,14,18-19,33H,4-8,13H2,1-3H3,(H,28,29)(H,31,32)/t19-,25+/m0/s1.